The molecule has 1 aliphatic heterocycles. The molecule has 1 aliphatic carbocycles. The van der Waals surface area contributed by atoms with Crippen LogP contribution in [-0.4, -0.2) is 81.6 Å². The largest absolute Gasteiger partial charge is 0.495 e. The van der Waals surface area contributed by atoms with Gasteiger partial charge in [0.1, 0.15) is 28.1 Å². The quantitative estimate of drug-likeness (QED) is 0.301. The van der Waals surface area contributed by atoms with Crippen molar-refractivity contribution >= 4 is 40.4 Å². The van der Waals surface area contributed by atoms with Gasteiger partial charge in [0.25, 0.3) is 0 Å². The lowest BCUT2D eigenvalue weighted by Gasteiger charge is -2.25. The van der Waals surface area contributed by atoms with E-state index in [1.165, 1.54) is 12.0 Å². The number of hydrogen-bond donors (Lipinski definition) is 3. The number of carboxylic acids is 1. The smallest absolute Gasteiger partial charge is 0.330 e. The van der Waals surface area contributed by atoms with E-state index in [1.54, 1.807) is 29.9 Å². The van der Waals surface area contributed by atoms with Crippen LogP contribution in [0.2, 0.25) is 5.02 Å². The van der Waals surface area contributed by atoms with Crippen LogP contribution in [0.25, 0.3) is 16.7 Å². The lowest BCUT2D eigenvalue weighted by Crippen LogP contribution is -2.55. The second-order valence-corrected chi connectivity index (χ2v) is 12.2. The van der Waals surface area contributed by atoms with Gasteiger partial charge in [-0.3, -0.25) is 4.79 Å². The van der Waals surface area contributed by atoms with E-state index < -0.39 is 29.5 Å². The van der Waals surface area contributed by atoms with Crippen molar-refractivity contribution in [2.75, 3.05) is 27.3 Å². The Morgan fingerprint density at radius 1 is 1.22 bits per heavy atom. The van der Waals surface area contributed by atoms with Gasteiger partial charge in [-0.25, -0.2) is 19.3 Å². The van der Waals surface area contributed by atoms with Crippen molar-refractivity contribution in [3.63, 3.8) is 0 Å². The Labute approximate surface area is 266 Å². The molecule has 0 unspecified atom stereocenters. The average Bonchev–Trinajstić information content (AvgIpc) is 3.47. The molecule has 45 heavy (non-hydrogen) atoms. The molecule has 240 valence electrons. The number of aromatic nitrogens is 3. The number of halogens is 1. The topological polar surface area (TPSA) is 148 Å². The van der Waals surface area contributed by atoms with Crippen molar-refractivity contribution in [2.24, 2.45) is 5.92 Å². The highest BCUT2D eigenvalue weighted by atomic mass is 35.5. The SMILES string of the molecule is COc1ccc2c(OCC[C@@H]3NC(=O)N(C)CCCC/C=C\[C@@H]4C[C@@]4(C(=O)O)NC3=O)cc(-n3ccc(C(C)C)n3)nc2c1Cl. The molecule has 2 aliphatic rings. The summed E-state index contributed by atoms with van der Waals surface area (Å²) in [5, 5.41) is 21.1. The number of carboxylic acid groups (broad SMARTS) is 1. The van der Waals surface area contributed by atoms with Gasteiger partial charge in [-0.2, -0.15) is 5.10 Å². The summed E-state index contributed by atoms with van der Waals surface area (Å²) in [6.07, 6.45) is 8.43. The normalized spacial score (nSPS) is 23.1. The van der Waals surface area contributed by atoms with Crippen molar-refractivity contribution in [3.8, 4) is 17.3 Å². The molecule has 3 N–H and O–H groups in total. The zero-order valence-electron chi connectivity index (χ0n) is 25.9. The number of allylic oxidation sites excluding steroid dienone is 1. The van der Waals surface area contributed by atoms with Gasteiger partial charge in [0.15, 0.2) is 5.82 Å². The Morgan fingerprint density at radius 3 is 2.73 bits per heavy atom. The van der Waals surface area contributed by atoms with Gasteiger partial charge in [0, 0.05) is 43.6 Å². The van der Waals surface area contributed by atoms with Crippen LogP contribution in [0.1, 0.15) is 57.6 Å². The molecule has 3 heterocycles. The van der Waals surface area contributed by atoms with E-state index in [2.05, 4.69) is 15.7 Å². The van der Waals surface area contributed by atoms with Crippen LogP contribution in [0.5, 0.6) is 11.5 Å². The maximum Gasteiger partial charge on any atom is 0.330 e. The van der Waals surface area contributed by atoms with E-state index in [4.69, 9.17) is 26.1 Å². The summed E-state index contributed by atoms with van der Waals surface area (Å²) in [4.78, 5) is 45.0. The summed E-state index contributed by atoms with van der Waals surface area (Å²) in [7, 11) is 3.19. The van der Waals surface area contributed by atoms with E-state index in [0.29, 0.717) is 46.2 Å². The molecule has 1 saturated carbocycles. The molecule has 1 fully saturated rings. The number of methoxy groups -OCH3 is 1. The molecule has 3 amide bonds. The fraction of sp³-hybridized carbons (Fsp3) is 0.469. The maximum absolute atomic E-state index is 13.5. The minimum absolute atomic E-state index is 0.0179. The van der Waals surface area contributed by atoms with Crippen LogP contribution in [0.15, 0.2) is 42.6 Å². The molecule has 13 heteroatoms. The minimum atomic E-state index is -1.39. The molecule has 2 aromatic heterocycles. The van der Waals surface area contributed by atoms with Crippen LogP contribution < -0.4 is 20.1 Å². The molecule has 0 spiro atoms. The Bertz CT molecular complexity index is 1620. The number of carbonyl (C=O) groups excluding carboxylic acids is 2. The number of fused-ring (bicyclic) bond motifs is 2. The maximum atomic E-state index is 13.5. The van der Waals surface area contributed by atoms with Gasteiger partial charge in [-0.05, 0) is 49.8 Å². The molecule has 0 radical (unpaired) electrons. The highest BCUT2D eigenvalue weighted by Gasteiger charge is 2.60. The van der Waals surface area contributed by atoms with Crippen molar-refractivity contribution in [1.82, 2.24) is 30.3 Å². The molecular weight excluding hydrogens is 600 g/mol. The summed E-state index contributed by atoms with van der Waals surface area (Å²) >= 11 is 6.67. The number of pyridine rings is 1. The summed E-state index contributed by atoms with van der Waals surface area (Å²) in [5.41, 5.74) is -0.0471. The van der Waals surface area contributed by atoms with Gasteiger partial charge in [-0.15, -0.1) is 0 Å². The number of amides is 3. The van der Waals surface area contributed by atoms with E-state index >= 15 is 0 Å². The number of rotatable bonds is 8. The predicted octanol–water partition coefficient (Wildman–Crippen LogP) is 4.68. The van der Waals surface area contributed by atoms with Crippen LogP contribution in [-0.2, 0) is 9.59 Å². The second kappa shape index (κ2) is 13.4. The number of urea groups is 1. The molecular formula is C32H39ClN6O6. The van der Waals surface area contributed by atoms with Crippen LogP contribution in [0.3, 0.4) is 0 Å². The number of aliphatic carboxylic acids is 1. The first kappa shape index (κ1) is 32.1. The summed E-state index contributed by atoms with van der Waals surface area (Å²) in [6.45, 7) is 4.64. The van der Waals surface area contributed by atoms with Crippen molar-refractivity contribution in [3.05, 3.63) is 53.3 Å². The first-order valence-electron chi connectivity index (χ1n) is 15.1. The van der Waals surface area contributed by atoms with E-state index in [0.717, 1.165) is 25.0 Å². The van der Waals surface area contributed by atoms with E-state index in [9.17, 15) is 19.5 Å². The number of hydrogen-bond acceptors (Lipinski definition) is 7. The lowest BCUT2D eigenvalue weighted by molar-refractivity contribution is -0.143. The monoisotopic (exact) mass is 638 g/mol. The van der Waals surface area contributed by atoms with Crippen LogP contribution in [0, 0.1) is 5.92 Å². The summed E-state index contributed by atoms with van der Waals surface area (Å²) in [5.74, 6) is -0.402. The number of carbonyl (C=O) groups is 3. The van der Waals surface area contributed by atoms with Crippen molar-refractivity contribution < 1.29 is 29.0 Å². The van der Waals surface area contributed by atoms with Gasteiger partial charge in [-0.1, -0.05) is 37.6 Å². The molecule has 0 bridgehead atoms. The fourth-order valence-electron chi connectivity index (χ4n) is 5.42. The Balaban J connectivity index is 1.42. The molecule has 3 atom stereocenters. The first-order chi connectivity index (χ1) is 21.5. The lowest BCUT2D eigenvalue weighted by atomic mass is 10.1. The molecule has 1 aromatic carbocycles. The molecule has 12 nitrogen and oxygen atoms in total. The van der Waals surface area contributed by atoms with Gasteiger partial charge < -0.3 is 30.1 Å². The highest BCUT2D eigenvalue weighted by Crippen LogP contribution is 2.45. The average molecular weight is 639 g/mol. The van der Waals surface area contributed by atoms with Crippen molar-refractivity contribution in [1.29, 1.82) is 0 Å². The fourth-order valence-corrected chi connectivity index (χ4v) is 5.71. The summed E-state index contributed by atoms with van der Waals surface area (Å²) in [6, 6.07) is 5.70. The Hall–Kier alpha value is -4.32. The molecule has 3 aromatic rings. The number of ether oxygens (including phenoxy) is 2. The van der Waals surface area contributed by atoms with Crippen LogP contribution in [0.4, 0.5) is 4.79 Å². The second-order valence-electron chi connectivity index (χ2n) is 11.9. The third-order valence-corrected chi connectivity index (χ3v) is 8.70. The van der Waals surface area contributed by atoms with Gasteiger partial charge in [0.05, 0.1) is 24.9 Å². The molecule has 5 rings (SSSR count). The Kier molecular flexibility index (Phi) is 9.52. The number of nitrogens with zero attached hydrogens (tertiary/aromatic N) is 4. The summed E-state index contributed by atoms with van der Waals surface area (Å²) < 4.78 is 13.3. The number of nitrogens with one attached hydrogen (secondary N) is 2. The molecule has 0 saturated heterocycles. The van der Waals surface area contributed by atoms with E-state index in [1.807, 2.05) is 38.3 Å². The first-order valence-corrected chi connectivity index (χ1v) is 15.5. The Morgan fingerprint density at radius 2 is 2.02 bits per heavy atom. The van der Waals surface area contributed by atoms with E-state index in [-0.39, 0.29) is 24.9 Å². The minimum Gasteiger partial charge on any atom is -0.495 e. The third kappa shape index (κ3) is 6.85. The highest BCUT2D eigenvalue weighted by molar-refractivity contribution is 6.36. The predicted molar refractivity (Wildman–Crippen MR) is 169 cm³/mol. The van der Waals surface area contributed by atoms with Gasteiger partial charge >= 0.3 is 12.0 Å². The van der Waals surface area contributed by atoms with Crippen LogP contribution >= 0.6 is 11.6 Å². The van der Waals surface area contributed by atoms with Crippen molar-refractivity contribution in [2.45, 2.75) is 63.5 Å². The zero-order valence-corrected chi connectivity index (χ0v) is 26.6. The van der Waals surface area contributed by atoms with Gasteiger partial charge in [0.2, 0.25) is 5.91 Å². The third-order valence-electron chi connectivity index (χ3n) is 8.34. The number of benzene rings is 1. The standard InChI is InChI=1S/C32H39ClN6O6/c1-19(2)22-12-15-39(37-22)26-17-25(21-10-11-24(44-4)27(33)28(21)35-26)45-16-13-23-29(40)36-32(30(41)42)18-20(32)9-7-5-6-8-14-38(3)31(43)34-23/h7,9-12,15,17,19-20,23H,5-6,8,13-14,16,18H2,1-4H3,(H,34,43)(H,36,40)(H,41,42)/b9-7-/t20-,23+,32-/m1/s1. The zero-order chi connectivity index (χ0) is 32.3.